The van der Waals surface area contributed by atoms with E-state index in [1.54, 1.807) is 0 Å². The normalized spacial score (nSPS) is 13.5. The van der Waals surface area contributed by atoms with Gasteiger partial charge in [-0.05, 0) is 12.1 Å². The Morgan fingerprint density at radius 2 is 1.92 bits per heavy atom. The van der Waals surface area contributed by atoms with Crippen molar-refractivity contribution in [3.63, 3.8) is 0 Å². The zero-order valence-corrected chi connectivity index (χ0v) is 6.87. The van der Waals surface area contributed by atoms with Crippen molar-refractivity contribution in [2.24, 2.45) is 5.73 Å². The van der Waals surface area contributed by atoms with Crippen LogP contribution in [0.25, 0.3) is 0 Å². The molecule has 13 heavy (non-hydrogen) atoms. The summed E-state index contributed by atoms with van der Waals surface area (Å²) in [5.41, 5.74) is 6.56. The Morgan fingerprint density at radius 1 is 1.31 bits per heavy atom. The first-order chi connectivity index (χ1) is 6.27. The zero-order valence-electron chi connectivity index (χ0n) is 6.87. The summed E-state index contributed by atoms with van der Waals surface area (Å²) in [4.78, 5) is 11.3. The third-order valence-electron chi connectivity index (χ3n) is 1.73. The minimum Gasteiger partial charge on any atom is -0.383 e. The second-order valence-corrected chi connectivity index (χ2v) is 2.73. The average Bonchev–Trinajstić information content (AvgIpc) is 2.84. The number of hydrogen-bond acceptors (Lipinski definition) is 3. The van der Waals surface area contributed by atoms with Crippen LogP contribution in [-0.2, 0) is 4.79 Å². The lowest BCUT2D eigenvalue weighted by Crippen LogP contribution is -2.11. The SMILES string of the molecule is NC1=C(C(=O)Nc2ccccc2)N1. The fraction of sp³-hybridized carbons (Fsp3) is 0. The molecule has 1 aliphatic heterocycles. The van der Waals surface area contributed by atoms with E-state index in [9.17, 15) is 4.79 Å². The molecule has 0 fully saturated rings. The largest absolute Gasteiger partial charge is 0.383 e. The highest BCUT2D eigenvalue weighted by molar-refractivity contribution is 6.06. The molecule has 1 aromatic carbocycles. The first kappa shape index (κ1) is 7.67. The second kappa shape index (κ2) is 2.82. The summed E-state index contributed by atoms with van der Waals surface area (Å²) in [6, 6.07) is 9.23. The molecule has 66 valence electrons. The van der Waals surface area contributed by atoms with Crippen LogP contribution in [0.4, 0.5) is 5.69 Å². The van der Waals surface area contributed by atoms with Gasteiger partial charge in [-0.25, -0.2) is 0 Å². The molecule has 0 aliphatic carbocycles. The van der Waals surface area contributed by atoms with E-state index in [4.69, 9.17) is 5.73 Å². The van der Waals surface area contributed by atoms with Gasteiger partial charge >= 0.3 is 0 Å². The highest BCUT2D eigenvalue weighted by Crippen LogP contribution is 2.12. The van der Waals surface area contributed by atoms with E-state index >= 15 is 0 Å². The quantitative estimate of drug-likeness (QED) is 0.607. The number of para-hydroxylation sites is 1. The van der Waals surface area contributed by atoms with Crippen LogP contribution in [0.2, 0.25) is 0 Å². The van der Waals surface area contributed by atoms with Gasteiger partial charge in [0.1, 0.15) is 11.5 Å². The number of amides is 1. The van der Waals surface area contributed by atoms with Crippen molar-refractivity contribution in [2.75, 3.05) is 5.32 Å². The number of nitrogens with two attached hydrogens (primary N) is 1. The fourth-order valence-corrected chi connectivity index (χ4v) is 0.998. The number of benzene rings is 1. The van der Waals surface area contributed by atoms with Crippen molar-refractivity contribution in [1.82, 2.24) is 5.32 Å². The number of rotatable bonds is 2. The molecule has 4 nitrogen and oxygen atoms in total. The molecule has 2 rings (SSSR count). The van der Waals surface area contributed by atoms with Crippen LogP contribution >= 0.6 is 0 Å². The van der Waals surface area contributed by atoms with Crippen LogP contribution < -0.4 is 16.4 Å². The minimum absolute atomic E-state index is 0.191. The summed E-state index contributed by atoms with van der Waals surface area (Å²) in [6.07, 6.45) is 0. The summed E-state index contributed by atoms with van der Waals surface area (Å²) in [7, 11) is 0. The summed E-state index contributed by atoms with van der Waals surface area (Å²) in [5.74, 6) is 0.261. The Hall–Kier alpha value is -1.97. The van der Waals surface area contributed by atoms with E-state index in [1.165, 1.54) is 0 Å². The van der Waals surface area contributed by atoms with E-state index in [-0.39, 0.29) is 5.91 Å². The van der Waals surface area contributed by atoms with Crippen molar-refractivity contribution < 1.29 is 4.79 Å². The van der Waals surface area contributed by atoms with Crippen LogP contribution in [0, 0.1) is 0 Å². The Morgan fingerprint density at radius 3 is 2.46 bits per heavy atom. The monoisotopic (exact) mass is 175 g/mol. The maximum absolute atomic E-state index is 11.3. The molecule has 4 N–H and O–H groups in total. The number of hydrogen-bond donors (Lipinski definition) is 3. The molecule has 0 aromatic heterocycles. The van der Waals surface area contributed by atoms with Crippen molar-refractivity contribution >= 4 is 11.6 Å². The minimum atomic E-state index is -0.191. The summed E-state index contributed by atoms with van der Waals surface area (Å²) in [6.45, 7) is 0. The van der Waals surface area contributed by atoms with Gasteiger partial charge in [0.2, 0.25) is 0 Å². The van der Waals surface area contributed by atoms with Gasteiger partial charge in [-0.15, -0.1) is 0 Å². The third-order valence-corrected chi connectivity index (χ3v) is 1.73. The predicted molar refractivity (Wildman–Crippen MR) is 49.4 cm³/mol. The number of carbonyl (C=O) groups is 1. The van der Waals surface area contributed by atoms with Crippen LogP contribution in [0.5, 0.6) is 0 Å². The van der Waals surface area contributed by atoms with Crippen LogP contribution in [-0.4, -0.2) is 5.91 Å². The standard InChI is InChI=1S/C9H9N3O/c10-8-7(12-8)9(13)11-6-4-2-1-3-5-6/h1-5,12H,10H2,(H,11,13). The first-order valence-electron chi connectivity index (χ1n) is 3.90. The molecular weight excluding hydrogens is 166 g/mol. The van der Waals surface area contributed by atoms with Gasteiger partial charge in [0.25, 0.3) is 5.91 Å². The van der Waals surface area contributed by atoms with Crippen LogP contribution in [0.1, 0.15) is 0 Å². The van der Waals surface area contributed by atoms with Crippen LogP contribution in [0.15, 0.2) is 41.8 Å². The molecular formula is C9H9N3O. The number of nitrogens with one attached hydrogen (secondary N) is 2. The van der Waals surface area contributed by atoms with E-state index in [2.05, 4.69) is 10.6 Å². The van der Waals surface area contributed by atoms with Gasteiger partial charge < -0.3 is 16.4 Å². The molecule has 1 amide bonds. The molecule has 0 saturated heterocycles. The Labute approximate surface area is 75.4 Å². The van der Waals surface area contributed by atoms with Crippen LogP contribution in [0.3, 0.4) is 0 Å². The highest BCUT2D eigenvalue weighted by Gasteiger charge is 2.24. The van der Waals surface area contributed by atoms with Crippen molar-refractivity contribution in [3.8, 4) is 0 Å². The lowest BCUT2D eigenvalue weighted by atomic mass is 10.3. The van der Waals surface area contributed by atoms with E-state index < -0.39 is 0 Å². The maximum Gasteiger partial charge on any atom is 0.275 e. The molecule has 0 atom stereocenters. The van der Waals surface area contributed by atoms with Gasteiger partial charge in [-0.2, -0.15) is 0 Å². The third kappa shape index (κ3) is 1.61. The number of anilines is 1. The molecule has 4 heteroatoms. The van der Waals surface area contributed by atoms with Gasteiger partial charge in [0.15, 0.2) is 0 Å². The molecule has 0 saturated carbocycles. The van der Waals surface area contributed by atoms with Gasteiger partial charge in [0, 0.05) is 5.69 Å². The summed E-state index contributed by atoms with van der Waals surface area (Å²) < 4.78 is 0. The molecule has 0 radical (unpaired) electrons. The van der Waals surface area contributed by atoms with Crippen molar-refractivity contribution in [1.29, 1.82) is 0 Å². The van der Waals surface area contributed by atoms with Gasteiger partial charge in [0.05, 0.1) is 0 Å². The van der Waals surface area contributed by atoms with Crippen molar-refractivity contribution in [2.45, 2.75) is 0 Å². The Bertz CT molecular complexity index is 370. The lowest BCUT2D eigenvalue weighted by Gasteiger charge is -1.99. The first-order valence-corrected chi connectivity index (χ1v) is 3.90. The van der Waals surface area contributed by atoms with Gasteiger partial charge in [-0.1, -0.05) is 18.2 Å². The molecule has 0 unspecified atom stereocenters. The average molecular weight is 175 g/mol. The Kier molecular flexibility index (Phi) is 1.66. The molecule has 1 aromatic rings. The lowest BCUT2D eigenvalue weighted by molar-refractivity contribution is -0.112. The molecule has 0 spiro atoms. The second-order valence-electron chi connectivity index (χ2n) is 2.73. The Balaban J connectivity index is 2.03. The van der Waals surface area contributed by atoms with Gasteiger partial charge in [-0.3, -0.25) is 4.79 Å². The molecule has 1 aliphatic rings. The number of carbonyl (C=O) groups excluding carboxylic acids is 1. The molecule has 1 heterocycles. The molecule has 0 bridgehead atoms. The van der Waals surface area contributed by atoms with Crippen molar-refractivity contribution in [3.05, 3.63) is 41.8 Å². The van der Waals surface area contributed by atoms with E-state index in [1.807, 2.05) is 30.3 Å². The van der Waals surface area contributed by atoms with E-state index in [0.717, 1.165) is 5.69 Å². The zero-order chi connectivity index (χ0) is 9.26. The summed E-state index contributed by atoms with van der Waals surface area (Å²) >= 11 is 0. The maximum atomic E-state index is 11.3. The van der Waals surface area contributed by atoms with E-state index in [0.29, 0.717) is 11.5 Å². The topological polar surface area (TPSA) is 77.1 Å². The highest BCUT2D eigenvalue weighted by atomic mass is 16.2. The fourth-order valence-electron chi connectivity index (χ4n) is 0.998. The predicted octanol–water partition coefficient (Wildman–Crippen LogP) is 0.356. The smallest absolute Gasteiger partial charge is 0.275 e. The summed E-state index contributed by atoms with van der Waals surface area (Å²) in [5, 5.41) is 5.35.